The van der Waals surface area contributed by atoms with Gasteiger partial charge in [0.05, 0.1) is 39.5 Å². The van der Waals surface area contributed by atoms with E-state index in [2.05, 4.69) is 22.0 Å². The molecule has 1 saturated carbocycles. The van der Waals surface area contributed by atoms with Crippen LogP contribution in [0.1, 0.15) is 81.3 Å². The number of methoxy groups -OCH3 is 1. The highest BCUT2D eigenvalue weighted by atomic mass is 19.3. The molecule has 1 aromatic carbocycles. The molecule has 1 aliphatic carbocycles. The lowest BCUT2D eigenvalue weighted by molar-refractivity contribution is -0.143. The van der Waals surface area contributed by atoms with Crippen LogP contribution in [0.5, 0.6) is 17.4 Å². The molecule has 218 valence electrons. The summed E-state index contributed by atoms with van der Waals surface area (Å²) in [5.74, 6) is -0.147. The van der Waals surface area contributed by atoms with E-state index < -0.39 is 5.92 Å². The van der Waals surface area contributed by atoms with E-state index in [0.29, 0.717) is 56.6 Å². The fourth-order valence-electron chi connectivity index (χ4n) is 6.22. The van der Waals surface area contributed by atoms with E-state index in [9.17, 15) is 13.6 Å². The number of halogens is 2. The Morgan fingerprint density at radius 1 is 1.10 bits per heavy atom. The molecule has 40 heavy (non-hydrogen) atoms. The van der Waals surface area contributed by atoms with Crippen LogP contribution in [0, 0.1) is 5.92 Å². The maximum absolute atomic E-state index is 13.8. The number of hydrogen-bond acceptors (Lipinski definition) is 7. The van der Waals surface area contributed by atoms with Crippen molar-refractivity contribution in [2.45, 2.75) is 76.0 Å². The second-order valence-electron chi connectivity index (χ2n) is 11.2. The van der Waals surface area contributed by atoms with Crippen LogP contribution in [-0.4, -0.2) is 56.9 Å². The number of esters is 1. The van der Waals surface area contributed by atoms with Crippen LogP contribution >= 0.6 is 0 Å². The molecule has 0 spiro atoms. The smallest absolute Gasteiger partial charge is 0.306 e. The summed E-state index contributed by atoms with van der Waals surface area (Å²) in [4.78, 5) is 18.9. The topological polar surface area (TPSA) is 70.1 Å². The fourth-order valence-corrected chi connectivity index (χ4v) is 6.22. The zero-order chi connectivity index (χ0) is 28.1. The summed E-state index contributed by atoms with van der Waals surface area (Å²) in [6, 6.07) is 7.98. The molecule has 3 aliphatic rings. The highest BCUT2D eigenvalue weighted by Crippen LogP contribution is 2.45. The van der Waals surface area contributed by atoms with Gasteiger partial charge in [-0.1, -0.05) is 6.07 Å². The number of hydrogen-bond donors (Lipinski definition) is 0. The monoisotopic (exact) mass is 558 g/mol. The molecule has 2 fully saturated rings. The summed E-state index contributed by atoms with van der Waals surface area (Å²) < 4.78 is 50.2. The molecule has 1 aromatic heterocycles. The average Bonchev–Trinajstić information content (AvgIpc) is 2.96. The highest BCUT2D eigenvalue weighted by Gasteiger charge is 2.36. The summed E-state index contributed by atoms with van der Waals surface area (Å²) in [6.07, 6.45) is 5.61. The van der Waals surface area contributed by atoms with Crippen molar-refractivity contribution in [2.24, 2.45) is 5.92 Å². The summed E-state index contributed by atoms with van der Waals surface area (Å²) in [5.41, 5.74) is 3.21. The number of carbonyl (C=O) groups is 1. The van der Waals surface area contributed by atoms with Crippen molar-refractivity contribution < 1.29 is 32.5 Å². The van der Waals surface area contributed by atoms with Gasteiger partial charge in [-0.15, -0.1) is 0 Å². The first-order valence-electron chi connectivity index (χ1n) is 14.6. The van der Waals surface area contributed by atoms with Gasteiger partial charge in [0.2, 0.25) is 11.8 Å². The predicted molar refractivity (Wildman–Crippen MR) is 148 cm³/mol. The third-order valence-electron chi connectivity index (χ3n) is 8.57. The van der Waals surface area contributed by atoms with Crippen LogP contribution in [0.2, 0.25) is 0 Å². The van der Waals surface area contributed by atoms with E-state index in [1.54, 1.807) is 13.3 Å². The van der Waals surface area contributed by atoms with Crippen LogP contribution in [0.4, 0.5) is 14.5 Å². The van der Waals surface area contributed by atoms with Crippen molar-refractivity contribution in [1.82, 2.24) is 4.98 Å². The average molecular weight is 559 g/mol. The lowest BCUT2D eigenvalue weighted by atomic mass is 9.81. The first kappa shape index (κ1) is 28.4. The van der Waals surface area contributed by atoms with Gasteiger partial charge < -0.3 is 23.8 Å². The Morgan fingerprint density at radius 2 is 1.88 bits per heavy atom. The minimum atomic E-state index is -2.54. The van der Waals surface area contributed by atoms with Crippen LogP contribution < -0.4 is 19.1 Å². The number of carbonyl (C=O) groups excluding carboxylic acids is 1. The summed E-state index contributed by atoms with van der Waals surface area (Å²) in [7, 11) is 1.66. The van der Waals surface area contributed by atoms with Crippen molar-refractivity contribution in [3.63, 3.8) is 0 Å². The first-order valence-corrected chi connectivity index (χ1v) is 14.6. The molecule has 9 heteroatoms. The van der Waals surface area contributed by atoms with Gasteiger partial charge in [-0.3, -0.25) is 4.79 Å². The summed E-state index contributed by atoms with van der Waals surface area (Å²) >= 11 is 0. The predicted octanol–water partition coefficient (Wildman–Crippen LogP) is 6.50. The van der Waals surface area contributed by atoms with Crippen molar-refractivity contribution in [3.05, 3.63) is 41.6 Å². The molecule has 0 N–H and O–H groups in total. The van der Waals surface area contributed by atoms with Crippen LogP contribution in [-0.2, 0) is 9.53 Å². The van der Waals surface area contributed by atoms with Gasteiger partial charge in [-0.25, -0.2) is 13.8 Å². The number of fused-ring (bicyclic) bond motifs is 1. The molecule has 1 atom stereocenters. The second kappa shape index (κ2) is 12.6. The molecule has 1 saturated heterocycles. The summed E-state index contributed by atoms with van der Waals surface area (Å²) in [6.45, 7) is 5.03. The number of nitrogens with zero attached hydrogens (tertiary/aromatic N) is 2. The van der Waals surface area contributed by atoms with Gasteiger partial charge in [0.15, 0.2) is 0 Å². The van der Waals surface area contributed by atoms with E-state index in [-0.39, 0.29) is 30.6 Å². The molecule has 1 unspecified atom stereocenters. The number of anilines is 1. The van der Waals surface area contributed by atoms with Crippen molar-refractivity contribution in [1.29, 1.82) is 0 Å². The molecule has 5 rings (SSSR count). The number of alkyl halides is 2. The van der Waals surface area contributed by atoms with Crippen LogP contribution in [0.3, 0.4) is 0 Å². The lowest BCUT2D eigenvalue weighted by Crippen LogP contribution is -2.36. The lowest BCUT2D eigenvalue weighted by Gasteiger charge is -2.37. The Labute approximate surface area is 235 Å². The van der Waals surface area contributed by atoms with Gasteiger partial charge in [0, 0.05) is 55.2 Å². The normalized spacial score (nSPS) is 21.3. The van der Waals surface area contributed by atoms with E-state index in [4.69, 9.17) is 18.9 Å². The number of pyridine rings is 1. The number of piperidine rings is 1. The maximum Gasteiger partial charge on any atom is 0.306 e. The minimum Gasteiger partial charge on any atom is -0.497 e. The van der Waals surface area contributed by atoms with Gasteiger partial charge in [-0.05, 0) is 62.5 Å². The van der Waals surface area contributed by atoms with E-state index in [0.717, 1.165) is 54.9 Å². The van der Waals surface area contributed by atoms with Gasteiger partial charge in [0.25, 0.3) is 0 Å². The van der Waals surface area contributed by atoms with Crippen molar-refractivity contribution >= 4 is 11.7 Å². The number of ether oxygens (including phenoxy) is 4. The number of rotatable bonds is 9. The summed E-state index contributed by atoms with van der Waals surface area (Å²) in [5, 5.41) is 0. The minimum absolute atomic E-state index is 0.0313. The maximum atomic E-state index is 13.8. The second-order valence-corrected chi connectivity index (χ2v) is 11.2. The zero-order valence-electron chi connectivity index (χ0n) is 23.5. The Balaban J connectivity index is 1.19. The van der Waals surface area contributed by atoms with E-state index >= 15 is 0 Å². The quantitative estimate of drug-likeness (QED) is 0.326. The Hall–Kier alpha value is -3.10. The SMILES string of the molecule is CCOC(=O)CC1CCOc2cnc(OCC3CCN(c4cc(OC)ccc4C4CCC(F)(F)CC4)CC3)cc21. The molecule has 0 radical (unpaired) electrons. The van der Waals surface area contributed by atoms with Crippen molar-refractivity contribution in [3.8, 4) is 17.4 Å². The molecule has 7 nitrogen and oxygen atoms in total. The third kappa shape index (κ3) is 6.78. The molecular weight excluding hydrogens is 518 g/mol. The van der Waals surface area contributed by atoms with Gasteiger partial charge in [-0.2, -0.15) is 0 Å². The van der Waals surface area contributed by atoms with Crippen LogP contribution in [0.15, 0.2) is 30.5 Å². The van der Waals surface area contributed by atoms with E-state index in [1.807, 2.05) is 19.1 Å². The van der Waals surface area contributed by atoms with Gasteiger partial charge in [0.1, 0.15) is 11.5 Å². The van der Waals surface area contributed by atoms with Crippen molar-refractivity contribution in [2.75, 3.05) is 44.9 Å². The Bertz CT molecular complexity index is 1160. The first-order chi connectivity index (χ1) is 19.3. The zero-order valence-corrected chi connectivity index (χ0v) is 23.5. The standard InChI is InChI=1S/C31H40F2N2O5/c1-3-38-30(36)16-23-10-15-39-28-19-34-29(18-26(23)28)40-20-21-8-13-35(14-9-21)27-17-24(37-2)4-5-25(27)22-6-11-31(32,33)12-7-22/h4-5,17-19,21-23H,3,6-16,20H2,1-2H3. The van der Waals surface area contributed by atoms with Crippen LogP contribution in [0.25, 0.3) is 0 Å². The van der Waals surface area contributed by atoms with E-state index in [1.165, 1.54) is 0 Å². The largest absolute Gasteiger partial charge is 0.497 e. The highest BCUT2D eigenvalue weighted by molar-refractivity contribution is 5.71. The Morgan fingerprint density at radius 3 is 2.60 bits per heavy atom. The molecular formula is C31H40F2N2O5. The molecule has 2 aromatic rings. The molecule has 0 amide bonds. The van der Waals surface area contributed by atoms with Gasteiger partial charge >= 0.3 is 5.97 Å². The molecule has 3 heterocycles. The fraction of sp³-hybridized carbons (Fsp3) is 0.613. The number of aromatic nitrogens is 1. The third-order valence-corrected chi connectivity index (χ3v) is 8.57. The number of benzene rings is 1. The molecule has 0 bridgehead atoms. The Kier molecular flexibility index (Phi) is 8.96. The molecule has 2 aliphatic heterocycles.